The van der Waals surface area contributed by atoms with Crippen molar-refractivity contribution in [2.75, 3.05) is 39.3 Å². The normalized spacial score (nSPS) is 19.0. The maximum Gasteiger partial charge on any atom is 0.0244 e. The van der Waals surface area contributed by atoms with Crippen LogP contribution in [0.25, 0.3) is 0 Å². The van der Waals surface area contributed by atoms with E-state index in [1.165, 1.54) is 31.7 Å². The highest BCUT2D eigenvalue weighted by Crippen LogP contribution is 2.15. The zero-order chi connectivity index (χ0) is 15.1. The number of hydrogen-bond donors (Lipinski definition) is 1. The van der Waals surface area contributed by atoms with Crippen LogP contribution in [0.15, 0.2) is 30.3 Å². The van der Waals surface area contributed by atoms with E-state index in [9.17, 15) is 0 Å². The molecule has 0 saturated carbocycles. The lowest BCUT2D eigenvalue weighted by Crippen LogP contribution is -2.54. The minimum atomic E-state index is 0.670. The van der Waals surface area contributed by atoms with Gasteiger partial charge in [0.1, 0.15) is 0 Å². The van der Waals surface area contributed by atoms with Gasteiger partial charge in [-0.1, -0.05) is 51.1 Å². The van der Waals surface area contributed by atoms with Crippen LogP contribution in [0.5, 0.6) is 0 Å². The van der Waals surface area contributed by atoms with Crippen molar-refractivity contribution in [3.05, 3.63) is 35.9 Å². The Hall–Kier alpha value is -0.900. The van der Waals surface area contributed by atoms with Crippen molar-refractivity contribution < 1.29 is 0 Å². The van der Waals surface area contributed by atoms with Gasteiger partial charge in [-0.3, -0.25) is 9.80 Å². The first-order valence-corrected chi connectivity index (χ1v) is 8.41. The zero-order valence-corrected chi connectivity index (χ0v) is 13.9. The average Bonchev–Trinajstić information content (AvgIpc) is 2.50. The van der Waals surface area contributed by atoms with Gasteiger partial charge in [-0.25, -0.2) is 0 Å². The fourth-order valence-electron chi connectivity index (χ4n) is 3.17. The largest absolute Gasteiger partial charge is 0.315 e. The van der Waals surface area contributed by atoms with E-state index in [0.717, 1.165) is 19.6 Å². The highest BCUT2D eigenvalue weighted by Gasteiger charge is 2.25. The number of benzene rings is 1. The summed E-state index contributed by atoms with van der Waals surface area (Å²) in [4.78, 5) is 5.26. The van der Waals surface area contributed by atoms with Crippen LogP contribution >= 0.6 is 0 Å². The summed E-state index contributed by atoms with van der Waals surface area (Å²) >= 11 is 0. The van der Waals surface area contributed by atoms with Gasteiger partial charge in [0, 0.05) is 45.3 Å². The van der Waals surface area contributed by atoms with Crippen molar-refractivity contribution in [1.82, 2.24) is 15.1 Å². The molecule has 0 radical (unpaired) electrons. The van der Waals surface area contributed by atoms with Gasteiger partial charge in [-0.05, 0) is 18.0 Å². The molecule has 1 N–H and O–H groups in total. The maximum atomic E-state index is 3.52. The molecule has 1 aromatic carbocycles. The lowest BCUT2D eigenvalue weighted by molar-refractivity contribution is 0.0725. The molecule has 0 bridgehead atoms. The van der Waals surface area contributed by atoms with Gasteiger partial charge < -0.3 is 5.32 Å². The molecule has 1 atom stereocenters. The molecule has 1 aromatic rings. The number of piperazine rings is 1. The molecule has 118 valence electrons. The highest BCUT2D eigenvalue weighted by atomic mass is 15.3. The van der Waals surface area contributed by atoms with E-state index < -0.39 is 0 Å². The van der Waals surface area contributed by atoms with Gasteiger partial charge in [0.15, 0.2) is 0 Å². The molecular formula is C18H31N3. The van der Waals surface area contributed by atoms with E-state index in [2.05, 4.69) is 66.2 Å². The van der Waals surface area contributed by atoms with Crippen LogP contribution < -0.4 is 5.32 Å². The van der Waals surface area contributed by atoms with Crippen molar-refractivity contribution in [3.63, 3.8) is 0 Å². The Bertz CT molecular complexity index is 383. The molecular weight excluding hydrogens is 258 g/mol. The van der Waals surface area contributed by atoms with Crippen LogP contribution in [0, 0.1) is 5.92 Å². The van der Waals surface area contributed by atoms with Gasteiger partial charge in [0.25, 0.3) is 0 Å². The van der Waals surface area contributed by atoms with Crippen molar-refractivity contribution in [2.45, 2.75) is 33.4 Å². The summed E-state index contributed by atoms with van der Waals surface area (Å²) in [7, 11) is 0. The molecule has 1 aliphatic heterocycles. The van der Waals surface area contributed by atoms with Gasteiger partial charge in [-0.15, -0.1) is 0 Å². The van der Waals surface area contributed by atoms with Crippen LogP contribution in [0.2, 0.25) is 0 Å². The van der Waals surface area contributed by atoms with E-state index in [1.54, 1.807) is 0 Å². The first-order valence-electron chi connectivity index (χ1n) is 8.41. The summed E-state index contributed by atoms with van der Waals surface area (Å²) in [5, 5.41) is 3.52. The number of rotatable bonds is 7. The summed E-state index contributed by atoms with van der Waals surface area (Å²) in [6.07, 6.45) is 0. The first kappa shape index (κ1) is 16.5. The average molecular weight is 289 g/mol. The van der Waals surface area contributed by atoms with Crippen LogP contribution in [-0.2, 0) is 6.54 Å². The second-order valence-electron chi connectivity index (χ2n) is 6.42. The predicted molar refractivity (Wildman–Crippen MR) is 90.5 cm³/mol. The first-order chi connectivity index (χ1) is 10.2. The predicted octanol–water partition coefficient (Wildman–Crippen LogP) is 2.44. The minimum absolute atomic E-state index is 0.670. The van der Waals surface area contributed by atoms with Gasteiger partial charge in [0.05, 0.1) is 0 Å². The Kier molecular flexibility index (Phi) is 6.68. The second-order valence-corrected chi connectivity index (χ2v) is 6.42. The lowest BCUT2D eigenvalue weighted by atomic mass is 10.0. The van der Waals surface area contributed by atoms with E-state index in [0.29, 0.717) is 12.0 Å². The Morgan fingerprint density at radius 1 is 1.05 bits per heavy atom. The van der Waals surface area contributed by atoms with Crippen molar-refractivity contribution in [2.24, 2.45) is 5.92 Å². The fraction of sp³-hybridized carbons (Fsp3) is 0.667. The molecule has 1 heterocycles. The molecule has 1 unspecified atom stereocenters. The van der Waals surface area contributed by atoms with Gasteiger partial charge in [0.2, 0.25) is 0 Å². The molecule has 0 aliphatic carbocycles. The van der Waals surface area contributed by atoms with Crippen molar-refractivity contribution in [3.8, 4) is 0 Å². The number of likely N-dealkylation sites (N-methyl/N-ethyl adjacent to an activating group) is 1. The number of nitrogens with zero attached hydrogens (tertiary/aromatic N) is 2. The Labute approximate surface area is 130 Å². The monoisotopic (exact) mass is 289 g/mol. The third kappa shape index (κ3) is 5.10. The van der Waals surface area contributed by atoms with Crippen LogP contribution in [0.3, 0.4) is 0 Å². The van der Waals surface area contributed by atoms with Gasteiger partial charge >= 0.3 is 0 Å². The zero-order valence-electron chi connectivity index (χ0n) is 13.9. The minimum Gasteiger partial charge on any atom is -0.315 e. The van der Waals surface area contributed by atoms with E-state index >= 15 is 0 Å². The standard InChI is InChI=1S/C18H31N3/c1-4-19-14-18(16(2)3)21-12-10-20(11-13-21)15-17-8-6-5-7-9-17/h5-9,16,18-19H,4,10-15H2,1-3H3. The Morgan fingerprint density at radius 3 is 2.29 bits per heavy atom. The molecule has 1 aliphatic rings. The quantitative estimate of drug-likeness (QED) is 0.832. The van der Waals surface area contributed by atoms with E-state index in [1.807, 2.05) is 0 Å². The second kappa shape index (κ2) is 8.52. The number of hydrogen-bond acceptors (Lipinski definition) is 3. The molecule has 3 nitrogen and oxygen atoms in total. The van der Waals surface area contributed by atoms with E-state index in [-0.39, 0.29) is 0 Å². The topological polar surface area (TPSA) is 18.5 Å². The molecule has 1 fully saturated rings. The SMILES string of the molecule is CCNCC(C(C)C)N1CCN(Cc2ccccc2)CC1. The Morgan fingerprint density at radius 2 is 1.71 bits per heavy atom. The molecule has 2 rings (SSSR count). The molecule has 0 spiro atoms. The smallest absolute Gasteiger partial charge is 0.0244 e. The molecule has 21 heavy (non-hydrogen) atoms. The summed E-state index contributed by atoms with van der Waals surface area (Å²) in [5.74, 6) is 0.713. The van der Waals surface area contributed by atoms with Crippen LogP contribution in [-0.4, -0.2) is 55.1 Å². The summed E-state index contributed by atoms with van der Waals surface area (Å²) in [5.41, 5.74) is 1.43. The lowest BCUT2D eigenvalue weighted by Gasteiger charge is -2.41. The Balaban J connectivity index is 1.81. The molecule has 0 aromatic heterocycles. The fourth-order valence-corrected chi connectivity index (χ4v) is 3.17. The van der Waals surface area contributed by atoms with E-state index in [4.69, 9.17) is 0 Å². The molecule has 1 saturated heterocycles. The van der Waals surface area contributed by atoms with Gasteiger partial charge in [-0.2, -0.15) is 0 Å². The van der Waals surface area contributed by atoms with Crippen LogP contribution in [0.4, 0.5) is 0 Å². The molecule has 3 heteroatoms. The number of nitrogens with one attached hydrogen (secondary N) is 1. The third-order valence-corrected chi connectivity index (χ3v) is 4.50. The van der Waals surface area contributed by atoms with Crippen molar-refractivity contribution in [1.29, 1.82) is 0 Å². The maximum absolute atomic E-state index is 3.52. The van der Waals surface area contributed by atoms with Crippen molar-refractivity contribution >= 4 is 0 Å². The summed E-state index contributed by atoms with van der Waals surface area (Å²) in [6.45, 7) is 14.9. The highest BCUT2D eigenvalue weighted by molar-refractivity contribution is 5.14. The third-order valence-electron chi connectivity index (χ3n) is 4.50. The molecule has 0 amide bonds. The summed E-state index contributed by atoms with van der Waals surface area (Å²) < 4.78 is 0. The summed E-state index contributed by atoms with van der Waals surface area (Å²) in [6, 6.07) is 11.5. The van der Waals surface area contributed by atoms with Crippen LogP contribution in [0.1, 0.15) is 26.3 Å².